The van der Waals surface area contributed by atoms with E-state index < -0.39 is 5.82 Å². The van der Waals surface area contributed by atoms with Gasteiger partial charge in [0.1, 0.15) is 5.75 Å². The molecule has 2 nitrogen and oxygen atoms in total. The number of carbonyl (C=O) groups is 1. The van der Waals surface area contributed by atoms with E-state index >= 15 is 0 Å². The Morgan fingerprint density at radius 1 is 1.04 bits per heavy atom. The zero-order chi connectivity index (χ0) is 16.8. The molecule has 23 heavy (non-hydrogen) atoms. The third-order valence-corrected chi connectivity index (χ3v) is 4.14. The molecule has 0 radical (unpaired) electrons. The van der Waals surface area contributed by atoms with Gasteiger partial charge in [0.15, 0.2) is 17.3 Å². The number of ether oxygens (including phenoxy) is 1. The lowest BCUT2D eigenvalue weighted by Crippen LogP contribution is -1.98. The van der Waals surface area contributed by atoms with Crippen LogP contribution in [0.4, 0.5) is 4.39 Å². The largest absolute Gasteiger partial charge is 0.454 e. The highest BCUT2D eigenvalue weighted by molar-refractivity contribution is 5.95. The van der Waals surface area contributed by atoms with Gasteiger partial charge in [-0.2, -0.15) is 0 Å². The molecule has 2 aromatic rings. The van der Waals surface area contributed by atoms with Crippen molar-refractivity contribution in [3.63, 3.8) is 0 Å². The second-order valence-corrected chi connectivity index (χ2v) is 5.61. The number of hydrogen-bond acceptors (Lipinski definition) is 2. The summed E-state index contributed by atoms with van der Waals surface area (Å²) in [7, 11) is 0. The molecule has 0 saturated carbocycles. The van der Waals surface area contributed by atoms with Gasteiger partial charge >= 0.3 is 0 Å². The number of hydrogen-bond donors (Lipinski definition) is 0. The van der Waals surface area contributed by atoms with Crippen molar-refractivity contribution in [1.29, 1.82) is 0 Å². The van der Waals surface area contributed by atoms with E-state index in [0.29, 0.717) is 23.7 Å². The first-order valence-corrected chi connectivity index (χ1v) is 8.19. The third kappa shape index (κ3) is 4.19. The molecular weight excluding hydrogens is 291 g/mol. The molecule has 0 atom stereocenters. The molecule has 2 rings (SSSR count). The van der Waals surface area contributed by atoms with Gasteiger partial charge in [-0.1, -0.05) is 32.9 Å². The summed E-state index contributed by atoms with van der Waals surface area (Å²) >= 11 is 0. The Kier molecular flexibility index (Phi) is 5.91. The van der Waals surface area contributed by atoms with Crippen molar-refractivity contribution in [2.75, 3.05) is 0 Å². The number of carbonyl (C=O) groups excluding carboxylic acids is 1. The van der Waals surface area contributed by atoms with E-state index in [-0.39, 0.29) is 11.5 Å². The highest BCUT2D eigenvalue weighted by Crippen LogP contribution is 2.29. The highest BCUT2D eigenvalue weighted by atomic mass is 19.1. The topological polar surface area (TPSA) is 26.3 Å². The van der Waals surface area contributed by atoms with Crippen LogP contribution in [0, 0.1) is 5.82 Å². The molecule has 0 bridgehead atoms. The maximum absolute atomic E-state index is 14.1. The Hall–Kier alpha value is -2.16. The number of Topliss-reactive ketones (excluding diaryl/α,β-unsaturated/α-hetero) is 1. The summed E-state index contributed by atoms with van der Waals surface area (Å²) in [5.74, 6) is 0.666. The predicted molar refractivity (Wildman–Crippen MR) is 90.9 cm³/mol. The van der Waals surface area contributed by atoms with Gasteiger partial charge in [-0.25, -0.2) is 4.39 Å². The summed E-state index contributed by atoms with van der Waals surface area (Å²) in [6.07, 6.45) is 2.55. The Morgan fingerprint density at radius 3 is 2.22 bits per heavy atom. The van der Waals surface area contributed by atoms with Crippen molar-refractivity contribution in [2.45, 2.75) is 46.0 Å². The van der Waals surface area contributed by atoms with Crippen LogP contribution in [0.5, 0.6) is 11.5 Å². The van der Waals surface area contributed by atoms with Gasteiger partial charge in [0, 0.05) is 12.0 Å². The minimum atomic E-state index is -0.520. The molecule has 0 unspecified atom stereocenters. The molecule has 122 valence electrons. The molecule has 0 spiro atoms. The van der Waals surface area contributed by atoms with Crippen LogP contribution in [0.25, 0.3) is 0 Å². The second kappa shape index (κ2) is 7.91. The molecule has 0 N–H and O–H groups in total. The maximum atomic E-state index is 14.1. The Labute approximate surface area is 137 Å². The second-order valence-electron chi connectivity index (χ2n) is 5.61. The van der Waals surface area contributed by atoms with Crippen molar-refractivity contribution in [3.8, 4) is 11.5 Å². The fourth-order valence-corrected chi connectivity index (χ4v) is 2.66. The predicted octanol–water partition coefficient (Wildman–Crippen LogP) is 6.11. The van der Waals surface area contributed by atoms with Crippen LogP contribution >= 0.6 is 0 Å². The first-order chi connectivity index (χ1) is 11.1. The smallest absolute Gasteiger partial charge is 0.166 e. The van der Waals surface area contributed by atoms with Gasteiger partial charge in [0.05, 0.1) is 0 Å². The SMILES string of the molecule is CCC(=O)c1ccc(Oc2ccc(C(CC)CC)cc2)c(F)c1. The van der Waals surface area contributed by atoms with Crippen molar-refractivity contribution in [2.24, 2.45) is 0 Å². The molecule has 2 aromatic carbocycles. The molecule has 0 heterocycles. The summed E-state index contributed by atoms with van der Waals surface area (Å²) in [4.78, 5) is 11.6. The molecule has 0 amide bonds. The summed E-state index contributed by atoms with van der Waals surface area (Å²) < 4.78 is 19.7. The molecule has 0 aliphatic carbocycles. The third-order valence-electron chi connectivity index (χ3n) is 4.14. The molecule has 0 fully saturated rings. The Bertz CT molecular complexity index is 658. The zero-order valence-electron chi connectivity index (χ0n) is 13.9. The number of halogens is 1. The standard InChI is InChI=1S/C20H23FO2/c1-4-14(5-2)15-7-10-17(11-8-15)23-20-12-9-16(13-18(20)21)19(22)6-3/h7-14H,4-6H2,1-3H3. The summed E-state index contributed by atoms with van der Waals surface area (Å²) in [6.45, 7) is 6.10. The number of benzene rings is 2. The normalized spacial score (nSPS) is 10.8. The Morgan fingerprint density at radius 2 is 1.70 bits per heavy atom. The minimum Gasteiger partial charge on any atom is -0.454 e. The van der Waals surface area contributed by atoms with Crippen molar-refractivity contribution in [3.05, 3.63) is 59.4 Å². The van der Waals surface area contributed by atoms with Crippen LogP contribution in [0.15, 0.2) is 42.5 Å². The van der Waals surface area contributed by atoms with Crippen LogP contribution in [-0.2, 0) is 0 Å². The quantitative estimate of drug-likeness (QED) is 0.576. The highest BCUT2D eigenvalue weighted by Gasteiger charge is 2.11. The van der Waals surface area contributed by atoms with Crippen LogP contribution in [0.2, 0.25) is 0 Å². The molecule has 0 aliphatic heterocycles. The van der Waals surface area contributed by atoms with Gasteiger partial charge in [0.2, 0.25) is 0 Å². The summed E-state index contributed by atoms with van der Waals surface area (Å²) in [5, 5.41) is 0. The van der Waals surface area contributed by atoms with Crippen molar-refractivity contribution in [1.82, 2.24) is 0 Å². The lowest BCUT2D eigenvalue weighted by molar-refractivity contribution is 0.0987. The first kappa shape index (κ1) is 17.2. The fraction of sp³-hybridized carbons (Fsp3) is 0.350. The minimum absolute atomic E-state index is 0.0787. The molecule has 0 aliphatic rings. The van der Waals surface area contributed by atoms with E-state index in [0.717, 1.165) is 12.8 Å². The Balaban J connectivity index is 2.14. The van der Waals surface area contributed by atoms with E-state index in [9.17, 15) is 9.18 Å². The van der Waals surface area contributed by atoms with Crippen LogP contribution in [0.1, 0.15) is 61.9 Å². The van der Waals surface area contributed by atoms with E-state index in [2.05, 4.69) is 13.8 Å². The lowest BCUT2D eigenvalue weighted by atomic mass is 9.94. The van der Waals surface area contributed by atoms with Crippen LogP contribution < -0.4 is 4.74 Å². The average molecular weight is 314 g/mol. The van der Waals surface area contributed by atoms with E-state index in [4.69, 9.17) is 4.74 Å². The first-order valence-electron chi connectivity index (χ1n) is 8.19. The summed E-state index contributed by atoms with van der Waals surface area (Å²) in [5.41, 5.74) is 1.65. The molecular formula is C20H23FO2. The number of ketones is 1. The van der Waals surface area contributed by atoms with E-state index in [1.807, 2.05) is 24.3 Å². The fourth-order valence-electron chi connectivity index (χ4n) is 2.66. The molecule has 3 heteroatoms. The zero-order valence-corrected chi connectivity index (χ0v) is 13.9. The van der Waals surface area contributed by atoms with Gasteiger partial charge < -0.3 is 4.74 Å². The average Bonchev–Trinajstić information content (AvgIpc) is 2.58. The van der Waals surface area contributed by atoms with Gasteiger partial charge in [0.25, 0.3) is 0 Å². The van der Waals surface area contributed by atoms with Gasteiger partial charge in [-0.3, -0.25) is 4.79 Å². The molecule has 0 aromatic heterocycles. The monoisotopic (exact) mass is 314 g/mol. The van der Waals surface area contributed by atoms with Crippen LogP contribution in [0.3, 0.4) is 0 Å². The molecule has 0 saturated heterocycles. The van der Waals surface area contributed by atoms with Gasteiger partial charge in [-0.05, 0) is 54.7 Å². The van der Waals surface area contributed by atoms with E-state index in [1.165, 1.54) is 17.7 Å². The maximum Gasteiger partial charge on any atom is 0.166 e. The van der Waals surface area contributed by atoms with Crippen LogP contribution in [-0.4, -0.2) is 5.78 Å². The lowest BCUT2D eigenvalue weighted by Gasteiger charge is -2.13. The van der Waals surface area contributed by atoms with Gasteiger partial charge in [-0.15, -0.1) is 0 Å². The summed E-state index contributed by atoms with van der Waals surface area (Å²) in [6, 6.07) is 12.1. The van der Waals surface area contributed by atoms with Crippen molar-refractivity contribution >= 4 is 5.78 Å². The number of rotatable bonds is 7. The van der Waals surface area contributed by atoms with E-state index in [1.54, 1.807) is 13.0 Å². The van der Waals surface area contributed by atoms with Crippen molar-refractivity contribution < 1.29 is 13.9 Å².